The van der Waals surface area contributed by atoms with Crippen molar-refractivity contribution in [2.45, 2.75) is 135 Å². The fourth-order valence-electron chi connectivity index (χ4n) is 12.3. The summed E-state index contributed by atoms with van der Waals surface area (Å²) in [5, 5.41) is 6.89. The second kappa shape index (κ2) is 15.8. The molecule has 2 aromatic carbocycles. The number of carbonyl (C=O) groups excluding carboxylic acids is 4. The second-order valence-corrected chi connectivity index (χ2v) is 18.1. The SMILES string of the molecule is C[C@]12CC[C@@H](NC(=O)[C@@H]3CCCN3C(=O)OCc3ccccc3)C[C@@H]1CC[C@@H]1[C@@H]2CC[C@]2(C)[C@@H](NC(=O)[C@@H]3CCCN3C(=O)OCc3ccccc3)CC[C@@H]12. The molecule has 0 unspecified atom stereocenters. The molecule has 0 radical (unpaired) electrons. The van der Waals surface area contributed by atoms with E-state index in [4.69, 9.17) is 9.47 Å². The standard InChI is InChI=1S/C45H60N4O6/c1-44-23-21-33(46-40(50)37-15-9-25-48(37)42(52)54-28-30-11-5-3-6-12-30)27-32(44)17-18-34-35-19-20-39(45(35,2)24-22-36(34)44)47-41(51)38-16-10-26-49(38)43(53)55-29-31-13-7-4-8-14-31/h3-8,11-14,32-39H,9-10,15-29H2,1-2H3,(H,46,50)(H,47,51)/t32-,33+,34-,35-,36-,37-,38-,39-,44-,45-/m0/s1. The van der Waals surface area contributed by atoms with Crippen LogP contribution < -0.4 is 10.6 Å². The van der Waals surface area contributed by atoms with Crippen LogP contribution in [0.1, 0.15) is 108 Å². The van der Waals surface area contributed by atoms with Gasteiger partial charge >= 0.3 is 12.2 Å². The average Bonchev–Trinajstić information content (AvgIpc) is 3.97. The molecule has 2 N–H and O–H groups in total. The zero-order chi connectivity index (χ0) is 38.2. The largest absolute Gasteiger partial charge is 0.445 e. The van der Waals surface area contributed by atoms with Crippen molar-refractivity contribution in [2.75, 3.05) is 13.1 Å². The molecular weight excluding hydrogens is 693 g/mol. The summed E-state index contributed by atoms with van der Waals surface area (Å²) < 4.78 is 11.2. The fraction of sp³-hybridized carbons (Fsp3) is 0.644. The minimum absolute atomic E-state index is 0.0241. The number of rotatable bonds is 8. The molecule has 4 amide bonds. The van der Waals surface area contributed by atoms with Crippen LogP contribution in [0.3, 0.4) is 0 Å². The number of nitrogens with zero attached hydrogens (tertiary/aromatic N) is 2. The van der Waals surface area contributed by atoms with Crippen molar-refractivity contribution in [3.63, 3.8) is 0 Å². The lowest BCUT2D eigenvalue weighted by Crippen LogP contribution is -2.58. The summed E-state index contributed by atoms with van der Waals surface area (Å²) in [5.41, 5.74) is 2.17. The second-order valence-electron chi connectivity index (χ2n) is 18.1. The minimum atomic E-state index is -0.475. The van der Waals surface area contributed by atoms with Gasteiger partial charge in [-0.25, -0.2) is 9.59 Å². The maximum atomic E-state index is 13.8. The van der Waals surface area contributed by atoms with Gasteiger partial charge in [-0.1, -0.05) is 74.5 Å². The van der Waals surface area contributed by atoms with E-state index in [2.05, 4.69) is 24.5 Å². The topological polar surface area (TPSA) is 117 Å². The molecule has 55 heavy (non-hydrogen) atoms. The van der Waals surface area contributed by atoms with Gasteiger partial charge in [0.15, 0.2) is 0 Å². The molecule has 4 saturated carbocycles. The molecule has 0 spiro atoms. The molecule has 0 aromatic heterocycles. The Morgan fingerprint density at radius 2 is 1.18 bits per heavy atom. The summed E-state index contributed by atoms with van der Waals surface area (Å²) in [5.74, 6) is 2.40. The van der Waals surface area contributed by atoms with Crippen molar-refractivity contribution in [1.29, 1.82) is 0 Å². The van der Waals surface area contributed by atoms with Gasteiger partial charge in [-0.15, -0.1) is 0 Å². The molecule has 10 nitrogen and oxygen atoms in total. The summed E-state index contributed by atoms with van der Waals surface area (Å²) in [6.07, 6.45) is 12.0. The number of hydrogen-bond donors (Lipinski definition) is 2. The Morgan fingerprint density at radius 1 is 0.636 bits per heavy atom. The van der Waals surface area contributed by atoms with E-state index >= 15 is 0 Å². The first-order chi connectivity index (χ1) is 26.6. The molecule has 6 aliphatic rings. The van der Waals surface area contributed by atoms with Gasteiger partial charge in [0.1, 0.15) is 25.3 Å². The van der Waals surface area contributed by atoms with Gasteiger partial charge in [0, 0.05) is 25.2 Å². The Hall–Kier alpha value is -4.08. The first kappa shape index (κ1) is 37.8. The molecule has 6 fully saturated rings. The summed E-state index contributed by atoms with van der Waals surface area (Å²) in [6, 6.07) is 18.6. The normalized spacial score (nSPS) is 35.2. The van der Waals surface area contributed by atoms with Crippen LogP contribution >= 0.6 is 0 Å². The number of amides is 4. The Labute approximate surface area is 326 Å². The Kier molecular flexibility index (Phi) is 10.9. The smallest absolute Gasteiger partial charge is 0.410 e. The first-order valence-electron chi connectivity index (χ1n) is 21.2. The van der Waals surface area contributed by atoms with Crippen LogP contribution in [0.4, 0.5) is 9.59 Å². The quantitative estimate of drug-likeness (QED) is 0.287. The number of fused-ring (bicyclic) bond motifs is 5. The molecular formula is C45H60N4O6. The van der Waals surface area contributed by atoms with Crippen molar-refractivity contribution in [3.8, 4) is 0 Å². The maximum Gasteiger partial charge on any atom is 0.410 e. The highest BCUT2D eigenvalue weighted by molar-refractivity contribution is 5.87. The van der Waals surface area contributed by atoms with Gasteiger partial charge in [-0.2, -0.15) is 0 Å². The highest BCUT2D eigenvalue weighted by Crippen LogP contribution is 2.66. The van der Waals surface area contributed by atoms with E-state index in [0.29, 0.717) is 49.6 Å². The zero-order valence-electron chi connectivity index (χ0n) is 32.8. The molecule has 10 atom stereocenters. The Morgan fingerprint density at radius 3 is 1.78 bits per heavy atom. The van der Waals surface area contributed by atoms with E-state index in [1.165, 1.54) is 19.3 Å². The molecule has 10 heteroatoms. The lowest BCUT2D eigenvalue weighted by molar-refractivity contribution is -0.131. The highest BCUT2D eigenvalue weighted by Gasteiger charge is 2.60. The van der Waals surface area contributed by atoms with Crippen LogP contribution in [-0.4, -0.2) is 71.1 Å². The van der Waals surface area contributed by atoms with Gasteiger partial charge in [-0.05, 0) is 129 Å². The summed E-state index contributed by atoms with van der Waals surface area (Å²) in [7, 11) is 0. The predicted molar refractivity (Wildman–Crippen MR) is 208 cm³/mol. The number of ether oxygens (including phenoxy) is 2. The third kappa shape index (κ3) is 7.46. The average molecular weight is 753 g/mol. The third-order valence-corrected chi connectivity index (χ3v) is 15.3. The Balaban J connectivity index is 0.839. The summed E-state index contributed by atoms with van der Waals surface area (Å²) in [4.78, 5) is 56.8. The molecule has 296 valence electrons. The van der Waals surface area contributed by atoms with Crippen LogP contribution in [0.2, 0.25) is 0 Å². The number of benzene rings is 2. The van der Waals surface area contributed by atoms with E-state index in [1.807, 2.05) is 60.7 Å². The van der Waals surface area contributed by atoms with Crippen molar-refractivity contribution < 1.29 is 28.7 Å². The van der Waals surface area contributed by atoms with Crippen LogP contribution in [0.25, 0.3) is 0 Å². The molecule has 4 aliphatic carbocycles. The molecule has 2 aliphatic heterocycles. The van der Waals surface area contributed by atoms with E-state index in [-0.39, 0.29) is 47.9 Å². The third-order valence-electron chi connectivity index (χ3n) is 15.3. The van der Waals surface area contributed by atoms with E-state index < -0.39 is 24.3 Å². The number of nitrogens with one attached hydrogen (secondary N) is 2. The van der Waals surface area contributed by atoms with Gasteiger partial charge < -0.3 is 20.1 Å². The highest BCUT2D eigenvalue weighted by atomic mass is 16.6. The summed E-state index contributed by atoms with van der Waals surface area (Å²) in [6.45, 7) is 6.48. The first-order valence-corrected chi connectivity index (χ1v) is 21.2. The predicted octanol–water partition coefficient (Wildman–Crippen LogP) is 7.60. The zero-order valence-corrected chi connectivity index (χ0v) is 32.8. The van der Waals surface area contributed by atoms with Gasteiger partial charge in [0.2, 0.25) is 11.8 Å². The van der Waals surface area contributed by atoms with Crippen molar-refractivity contribution >= 4 is 24.0 Å². The summed E-state index contributed by atoms with van der Waals surface area (Å²) >= 11 is 0. The number of likely N-dealkylation sites (tertiary alicyclic amines) is 2. The fourth-order valence-corrected chi connectivity index (χ4v) is 12.3. The Bertz CT molecular complexity index is 1710. The van der Waals surface area contributed by atoms with E-state index in [0.717, 1.165) is 62.5 Å². The van der Waals surface area contributed by atoms with Crippen molar-refractivity contribution in [3.05, 3.63) is 71.8 Å². The molecule has 2 saturated heterocycles. The minimum Gasteiger partial charge on any atom is -0.445 e. The van der Waals surface area contributed by atoms with Crippen LogP contribution in [-0.2, 0) is 32.3 Å². The molecule has 8 rings (SSSR count). The lowest BCUT2D eigenvalue weighted by atomic mass is 9.45. The number of hydrogen-bond acceptors (Lipinski definition) is 6. The van der Waals surface area contributed by atoms with Gasteiger partial charge in [0.25, 0.3) is 0 Å². The van der Waals surface area contributed by atoms with Crippen LogP contribution in [0.15, 0.2) is 60.7 Å². The van der Waals surface area contributed by atoms with Crippen LogP contribution in [0, 0.1) is 34.5 Å². The van der Waals surface area contributed by atoms with Crippen molar-refractivity contribution in [1.82, 2.24) is 20.4 Å². The number of carbonyl (C=O) groups is 4. The monoisotopic (exact) mass is 752 g/mol. The van der Waals surface area contributed by atoms with Crippen LogP contribution in [0.5, 0.6) is 0 Å². The lowest BCUT2D eigenvalue weighted by Gasteiger charge is -2.61. The van der Waals surface area contributed by atoms with Gasteiger partial charge in [-0.3, -0.25) is 19.4 Å². The molecule has 0 bridgehead atoms. The van der Waals surface area contributed by atoms with Crippen molar-refractivity contribution in [2.24, 2.45) is 34.5 Å². The molecule has 2 aromatic rings. The molecule has 2 heterocycles. The van der Waals surface area contributed by atoms with Gasteiger partial charge in [0.05, 0.1) is 0 Å². The van der Waals surface area contributed by atoms with E-state index in [9.17, 15) is 19.2 Å². The van der Waals surface area contributed by atoms with E-state index in [1.54, 1.807) is 9.80 Å². The maximum absolute atomic E-state index is 13.8.